The topological polar surface area (TPSA) is 20.3 Å². The second-order valence-electron chi connectivity index (χ2n) is 3.97. The van der Waals surface area contributed by atoms with Gasteiger partial charge in [0.05, 0.1) is 12.3 Å². The molecule has 0 bridgehead atoms. The Morgan fingerprint density at radius 1 is 1.41 bits per heavy atom. The number of nitrogens with zero attached hydrogens (tertiary/aromatic N) is 1. The lowest BCUT2D eigenvalue weighted by Crippen LogP contribution is -2.26. The third-order valence-electron chi connectivity index (χ3n) is 2.79. The summed E-state index contributed by atoms with van der Waals surface area (Å²) in [5, 5.41) is 0.332. The molecular formula is C11H9ClF3NO. The van der Waals surface area contributed by atoms with Crippen molar-refractivity contribution in [3.8, 4) is 0 Å². The maximum Gasteiger partial charge on any atom is 0.390 e. The summed E-state index contributed by atoms with van der Waals surface area (Å²) in [7, 11) is 1.46. The van der Waals surface area contributed by atoms with Crippen molar-refractivity contribution in [2.45, 2.75) is 18.5 Å². The van der Waals surface area contributed by atoms with Gasteiger partial charge < -0.3 is 4.90 Å². The zero-order valence-corrected chi connectivity index (χ0v) is 9.64. The van der Waals surface area contributed by atoms with Crippen molar-refractivity contribution in [3.63, 3.8) is 0 Å². The number of rotatable bonds is 1. The summed E-state index contributed by atoms with van der Waals surface area (Å²) >= 11 is 5.74. The number of alkyl halides is 3. The molecule has 1 aliphatic rings. The molecule has 1 amide bonds. The number of amides is 1. The van der Waals surface area contributed by atoms with Crippen LogP contribution >= 0.6 is 11.6 Å². The molecule has 0 N–H and O–H groups in total. The summed E-state index contributed by atoms with van der Waals surface area (Å²) in [6, 6.07) is 4.54. The van der Waals surface area contributed by atoms with E-state index in [1.165, 1.54) is 18.0 Å². The normalized spacial score (nSPS) is 19.7. The molecule has 0 aliphatic carbocycles. The first-order valence-electron chi connectivity index (χ1n) is 4.93. The number of benzene rings is 1. The Labute approximate surface area is 101 Å². The molecule has 0 fully saturated rings. The summed E-state index contributed by atoms with van der Waals surface area (Å²) in [6.07, 6.45) is -5.52. The van der Waals surface area contributed by atoms with E-state index in [4.69, 9.17) is 11.6 Å². The first kappa shape index (κ1) is 12.2. The van der Waals surface area contributed by atoms with Crippen molar-refractivity contribution >= 4 is 23.2 Å². The van der Waals surface area contributed by atoms with Crippen LogP contribution in [0.2, 0.25) is 5.02 Å². The molecule has 1 unspecified atom stereocenters. The van der Waals surface area contributed by atoms with E-state index in [1.807, 2.05) is 0 Å². The molecule has 0 aromatic heterocycles. The number of fused-ring (bicyclic) bond motifs is 1. The Morgan fingerprint density at radius 2 is 2.06 bits per heavy atom. The van der Waals surface area contributed by atoms with Crippen LogP contribution < -0.4 is 4.90 Å². The Morgan fingerprint density at radius 3 is 2.65 bits per heavy atom. The Balaban J connectivity index is 2.43. The van der Waals surface area contributed by atoms with Gasteiger partial charge in [-0.1, -0.05) is 11.6 Å². The molecule has 2 nitrogen and oxygen atoms in total. The summed E-state index contributed by atoms with van der Waals surface area (Å²) in [4.78, 5) is 13.0. The van der Waals surface area contributed by atoms with Gasteiger partial charge in [-0.05, 0) is 23.8 Å². The fourth-order valence-electron chi connectivity index (χ4n) is 2.02. The number of anilines is 1. The third kappa shape index (κ3) is 2.24. The Kier molecular flexibility index (Phi) is 2.81. The maximum absolute atomic E-state index is 12.4. The van der Waals surface area contributed by atoms with Crippen molar-refractivity contribution in [3.05, 3.63) is 28.8 Å². The number of carbonyl (C=O) groups excluding carboxylic acids is 1. The molecule has 0 spiro atoms. The second kappa shape index (κ2) is 3.91. The van der Waals surface area contributed by atoms with Crippen molar-refractivity contribution in [1.29, 1.82) is 0 Å². The number of likely N-dealkylation sites (N-methyl/N-ethyl adjacent to an activating group) is 1. The second-order valence-corrected chi connectivity index (χ2v) is 4.41. The van der Waals surface area contributed by atoms with Crippen LogP contribution in [0.15, 0.2) is 18.2 Å². The lowest BCUT2D eigenvalue weighted by atomic mass is 9.97. The predicted octanol–water partition coefficient (Wildman–Crippen LogP) is 3.35. The third-order valence-corrected chi connectivity index (χ3v) is 3.03. The van der Waals surface area contributed by atoms with Crippen LogP contribution in [0.1, 0.15) is 17.9 Å². The highest BCUT2D eigenvalue weighted by Crippen LogP contribution is 2.43. The standard InChI is InChI=1S/C11H9ClF3NO/c1-16-9-3-2-6(12)4-7(9)8(10(16)17)5-11(13,14)15/h2-4,8H,5H2,1H3. The largest absolute Gasteiger partial charge is 0.390 e. The molecule has 1 aromatic rings. The van der Waals surface area contributed by atoms with Gasteiger partial charge in [-0.15, -0.1) is 0 Å². The number of hydrogen-bond acceptors (Lipinski definition) is 1. The maximum atomic E-state index is 12.4. The Hall–Kier alpha value is -1.23. The van der Waals surface area contributed by atoms with Crippen LogP contribution in [-0.4, -0.2) is 19.1 Å². The minimum Gasteiger partial charge on any atom is -0.315 e. The number of halogens is 4. The monoisotopic (exact) mass is 263 g/mol. The molecule has 17 heavy (non-hydrogen) atoms. The zero-order chi connectivity index (χ0) is 12.8. The van der Waals surface area contributed by atoms with Crippen LogP contribution in [0, 0.1) is 0 Å². The summed E-state index contributed by atoms with van der Waals surface area (Å²) in [6.45, 7) is 0. The van der Waals surface area contributed by atoms with Crippen LogP contribution in [0.5, 0.6) is 0 Å². The van der Waals surface area contributed by atoms with Gasteiger partial charge in [0, 0.05) is 17.8 Å². The predicted molar refractivity (Wildman–Crippen MR) is 58.3 cm³/mol. The van der Waals surface area contributed by atoms with E-state index < -0.39 is 24.4 Å². The Bertz CT molecular complexity index is 472. The number of carbonyl (C=O) groups is 1. The zero-order valence-electron chi connectivity index (χ0n) is 8.88. The van der Waals surface area contributed by atoms with Gasteiger partial charge in [0.2, 0.25) is 5.91 Å². The van der Waals surface area contributed by atoms with Crippen LogP contribution in [0.3, 0.4) is 0 Å². The van der Waals surface area contributed by atoms with E-state index in [-0.39, 0.29) is 0 Å². The molecule has 0 radical (unpaired) electrons. The molecule has 1 atom stereocenters. The SMILES string of the molecule is CN1C(=O)C(CC(F)(F)F)c2cc(Cl)ccc21. The lowest BCUT2D eigenvalue weighted by molar-refractivity contribution is -0.146. The highest BCUT2D eigenvalue weighted by Gasteiger charge is 2.42. The molecule has 0 saturated carbocycles. The average molecular weight is 264 g/mol. The van der Waals surface area contributed by atoms with E-state index in [2.05, 4.69) is 0 Å². The quantitative estimate of drug-likeness (QED) is 0.761. The number of hydrogen-bond donors (Lipinski definition) is 0. The van der Waals surface area contributed by atoms with Gasteiger partial charge in [0.1, 0.15) is 0 Å². The molecule has 6 heteroatoms. The van der Waals surface area contributed by atoms with E-state index in [1.54, 1.807) is 12.1 Å². The van der Waals surface area contributed by atoms with Gasteiger partial charge >= 0.3 is 6.18 Å². The molecular weight excluding hydrogens is 255 g/mol. The molecule has 2 rings (SSSR count). The minimum absolute atomic E-state index is 0.332. The molecule has 1 aromatic carbocycles. The first-order chi connectivity index (χ1) is 7.79. The first-order valence-corrected chi connectivity index (χ1v) is 5.31. The lowest BCUT2D eigenvalue weighted by Gasteiger charge is -2.12. The minimum atomic E-state index is -4.37. The van der Waals surface area contributed by atoms with Crippen LogP contribution in [0.25, 0.3) is 0 Å². The van der Waals surface area contributed by atoms with Crippen LogP contribution in [-0.2, 0) is 4.79 Å². The fraction of sp³-hybridized carbons (Fsp3) is 0.364. The molecule has 92 valence electrons. The van der Waals surface area contributed by atoms with Gasteiger partial charge in [-0.2, -0.15) is 13.2 Å². The average Bonchev–Trinajstić information content (AvgIpc) is 2.42. The molecule has 0 saturated heterocycles. The highest BCUT2D eigenvalue weighted by molar-refractivity contribution is 6.31. The van der Waals surface area contributed by atoms with Crippen molar-refractivity contribution in [2.75, 3.05) is 11.9 Å². The van der Waals surface area contributed by atoms with Gasteiger partial charge in [0.15, 0.2) is 0 Å². The van der Waals surface area contributed by atoms with Gasteiger partial charge in [0.25, 0.3) is 0 Å². The van der Waals surface area contributed by atoms with Crippen molar-refractivity contribution < 1.29 is 18.0 Å². The highest BCUT2D eigenvalue weighted by atomic mass is 35.5. The summed E-state index contributed by atoms with van der Waals surface area (Å²) < 4.78 is 37.2. The van der Waals surface area contributed by atoms with Crippen molar-refractivity contribution in [2.24, 2.45) is 0 Å². The summed E-state index contributed by atoms with van der Waals surface area (Å²) in [5.41, 5.74) is 0.843. The van der Waals surface area contributed by atoms with E-state index in [9.17, 15) is 18.0 Å². The van der Waals surface area contributed by atoms with E-state index in [0.29, 0.717) is 16.3 Å². The van der Waals surface area contributed by atoms with E-state index in [0.717, 1.165) is 0 Å². The smallest absolute Gasteiger partial charge is 0.315 e. The van der Waals surface area contributed by atoms with E-state index >= 15 is 0 Å². The molecule has 1 heterocycles. The van der Waals surface area contributed by atoms with Gasteiger partial charge in [-0.3, -0.25) is 4.79 Å². The van der Waals surface area contributed by atoms with Crippen molar-refractivity contribution in [1.82, 2.24) is 0 Å². The molecule has 1 aliphatic heterocycles. The summed E-state index contributed by atoms with van der Waals surface area (Å²) in [5.74, 6) is -1.71. The fourth-order valence-corrected chi connectivity index (χ4v) is 2.20. The van der Waals surface area contributed by atoms with Gasteiger partial charge in [-0.25, -0.2) is 0 Å². The van der Waals surface area contributed by atoms with Crippen LogP contribution in [0.4, 0.5) is 18.9 Å².